The number of imidazole rings is 1. The largest absolute Gasteiger partial charge is 0.378 e. The van der Waals surface area contributed by atoms with Gasteiger partial charge in [-0.05, 0) is 18.6 Å². The molecule has 0 unspecified atom stereocenters. The molecular weight excluding hydrogens is 286 g/mol. The van der Waals surface area contributed by atoms with Crippen LogP contribution in [0.15, 0.2) is 24.4 Å². The van der Waals surface area contributed by atoms with Gasteiger partial charge in [-0.1, -0.05) is 12.1 Å². The minimum Gasteiger partial charge on any atom is -0.378 e. The molecule has 0 saturated heterocycles. The summed E-state index contributed by atoms with van der Waals surface area (Å²) < 4.78 is 0. The summed E-state index contributed by atoms with van der Waals surface area (Å²) in [5, 5.41) is 13.6. The lowest BCUT2D eigenvalue weighted by atomic mass is 10.2. The fourth-order valence-electron chi connectivity index (χ4n) is 2.09. The Morgan fingerprint density at radius 1 is 1.41 bits per heavy atom. The minimum absolute atomic E-state index is 0.178. The number of nitrogens with two attached hydrogens (primary N) is 1. The molecule has 4 N–H and O–H groups in total. The lowest BCUT2D eigenvalue weighted by Gasteiger charge is -2.03. The van der Waals surface area contributed by atoms with Crippen LogP contribution in [-0.4, -0.2) is 24.9 Å². The van der Waals surface area contributed by atoms with Crippen LogP contribution in [-0.2, 0) is 6.54 Å². The number of aromatic amines is 1. The third-order valence-corrected chi connectivity index (χ3v) is 3.17. The molecule has 0 bridgehead atoms. The van der Waals surface area contributed by atoms with Crippen LogP contribution in [0.5, 0.6) is 0 Å². The van der Waals surface area contributed by atoms with Gasteiger partial charge < -0.3 is 16.0 Å². The van der Waals surface area contributed by atoms with Gasteiger partial charge in [0.25, 0.3) is 0 Å². The molecule has 0 spiro atoms. The monoisotopic (exact) mass is 299 g/mol. The molecule has 3 rings (SSSR count). The van der Waals surface area contributed by atoms with Gasteiger partial charge in [0, 0.05) is 0 Å². The zero-order valence-corrected chi connectivity index (χ0v) is 11.7. The van der Waals surface area contributed by atoms with E-state index in [0.29, 0.717) is 12.4 Å². The maximum absolute atomic E-state index is 10.7. The number of benzene rings is 1. The van der Waals surface area contributed by atoms with E-state index < -0.39 is 4.92 Å². The van der Waals surface area contributed by atoms with Crippen LogP contribution in [0, 0.1) is 17.0 Å². The van der Waals surface area contributed by atoms with E-state index in [0.717, 1.165) is 22.8 Å². The highest BCUT2D eigenvalue weighted by molar-refractivity contribution is 5.78. The average Bonchev–Trinajstić information content (AvgIpc) is 2.89. The van der Waals surface area contributed by atoms with E-state index >= 15 is 0 Å². The number of fused-ring (bicyclic) bond motifs is 1. The van der Waals surface area contributed by atoms with Crippen LogP contribution in [0.2, 0.25) is 0 Å². The second-order valence-corrected chi connectivity index (χ2v) is 4.73. The maximum Gasteiger partial charge on any atom is 0.329 e. The predicted octanol–water partition coefficient (Wildman–Crippen LogP) is 1.76. The van der Waals surface area contributed by atoms with Gasteiger partial charge >= 0.3 is 5.69 Å². The number of para-hydroxylation sites is 1. The molecule has 0 fully saturated rings. The van der Waals surface area contributed by atoms with Gasteiger partial charge in [0.05, 0.1) is 22.5 Å². The van der Waals surface area contributed by atoms with Gasteiger partial charge in [-0.2, -0.15) is 4.98 Å². The van der Waals surface area contributed by atoms with Crippen LogP contribution in [0.4, 0.5) is 17.5 Å². The van der Waals surface area contributed by atoms with Crippen molar-refractivity contribution >= 4 is 28.5 Å². The lowest BCUT2D eigenvalue weighted by Crippen LogP contribution is -2.07. The Hall–Kier alpha value is -3.23. The Balaban J connectivity index is 1.78. The number of rotatable bonds is 4. The number of H-pyrrole nitrogens is 1. The van der Waals surface area contributed by atoms with Crippen molar-refractivity contribution in [2.24, 2.45) is 0 Å². The zero-order chi connectivity index (χ0) is 15.7. The second-order valence-electron chi connectivity index (χ2n) is 4.73. The zero-order valence-electron chi connectivity index (χ0n) is 11.7. The third kappa shape index (κ3) is 2.51. The molecule has 9 nitrogen and oxygen atoms in total. The number of hydrogen-bond acceptors (Lipinski definition) is 7. The molecular formula is C13H13N7O2. The summed E-state index contributed by atoms with van der Waals surface area (Å²) in [4.78, 5) is 25.4. The summed E-state index contributed by atoms with van der Waals surface area (Å²) in [5.41, 5.74) is 8.13. The summed E-state index contributed by atoms with van der Waals surface area (Å²) in [6, 6.07) is 5.88. The Kier molecular flexibility index (Phi) is 3.30. The van der Waals surface area contributed by atoms with E-state index in [1.165, 1.54) is 0 Å². The molecule has 112 valence electrons. The summed E-state index contributed by atoms with van der Waals surface area (Å²) in [5.74, 6) is 0.744. The topological polar surface area (TPSA) is 136 Å². The van der Waals surface area contributed by atoms with Gasteiger partial charge in [0.1, 0.15) is 12.0 Å². The van der Waals surface area contributed by atoms with Gasteiger partial charge in [-0.3, -0.25) is 10.1 Å². The van der Waals surface area contributed by atoms with Gasteiger partial charge in [0.15, 0.2) is 0 Å². The first-order valence-corrected chi connectivity index (χ1v) is 6.49. The van der Waals surface area contributed by atoms with Crippen LogP contribution < -0.4 is 11.1 Å². The lowest BCUT2D eigenvalue weighted by molar-refractivity contribution is -0.384. The molecule has 0 aliphatic carbocycles. The van der Waals surface area contributed by atoms with E-state index in [9.17, 15) is 10.1 Å². The van der Waals surface area contributed by atoms with Gasteiger partial charge in [0.2, 0.25) is 11.8 Å². The van der Waals surface area contributed by atoms with Crippen LogP contribution in [0.25, 0.3) is 11.0 Å². The fourth-order valence-corrected chi connectivity index (χ4v) is 2.09. The Labute approximate surface area is 124 Å². The number of nitrogens with one attached hydrogen (secondary N) is 2. The molecule has 0 saturated carbocycles. The smallest absolute Gasteiger partial charge is 0.329 e. The van der Waals surface area contributed by atoms with Crippen molar-refractivity contribution < 1.29 is 4.92 Å². The molecule has 0 aliphatic heterocycles. The summed E-state index contributed by atoms with van der Waals surface area (Å²) in [6.07, 6.45) is 1.08. The molecule has 2 aromatic heterocycles. The molecule has 3 aromatic rings. The number of aryl methyl sites for hydroxylation is 1. The number of aromatic nitrogens is 4. The van der Waals surface area contributed by atoms with E-state index in [1.807, 2.05) is 25.1 Å². The van der Waals surface area contributed by atoms with Crippen LogP contribution in [0.3, 0.4) is 0 Å². The third-order valence-electron chi connectivity index (χ3n) is 3.17. The first kappa shape index (κ1) is 13.7. The molecule has 0 aliphatic rings. The first-order valence-electron chi connectivity index (χ1n) is 6.49. The maximum atomic E-state index is 10.7. The quantitative estimate of drug-likeness (QED) is 0.493. The van der Waals surface area contributed by atoms with E-state index in [1.54, 1.807) is 0 Å². The van der Waals surface area contributed by atoms with Crippen molar-refractivity contribution in [3.63, 3.8) is 0 Å². The van der Waals surface area contributed by atoms with Crippen LogP contribution in [0.1, 0.15) is 11.4 Å². The van der Waals surface area contributed by atoms with Crippen molar-refractivity contribution in [3.8, 4) is 0 Å². The summed E-state index contributed by atoms with van der Waals surface area (Å²) >= 11 is 0. The average molecular weight is 299 g/mol. The van der Waals surface area contributed by atoms with E-state index in [4.69, 9.17) is 5.73 Å². The molecule has 1 aromatic carbocycles. The van der Waals surface area contributed by atoms with Crippen molar-refractivity contribution in [1.82, 2.24) is 19.9 Å². The number of nitrogen functional groups attached to an aromatic ring is 1. The highest BCUT2D eigenvalue weighted by Gasteiger charge is 2.14. The molecule has 22 heavy (non-hydrogen) atoms. The van der Waals surface area contributed by atoms with E-state index in [2.05, 4.69) is 25.3 Å². The SMILES string of the molecule is Cc1cccc2[nH]c(CNc3ncc([N+](=O)[O-])c(N)n3)nc12. The molecule has 0 atom stereocenters. The predicted molar refractivity (Wildman–Crippen MR) is 81.3 cm³/mol. The highest BCUT2D eigenvalue weighted by Crippen LogP contribution is 2.19. The highest BCUT2D eigenvalue weighted by atomic mass is 16.6. The second kappa shape index (κ2) is 5.28. The molecule has 9 heteroatoms. The normalized spacial score (nSPS) is 10.8. The molecule has 2 heterocycles. The fraction of sp³-hybridized carbons (Fsp3) is 0.154. The van der Waals surface area contributed by atoms with E-state index in [-0.39, 0.29) is 17.5 Å². The van der Waals surface area contributed by atoms with Crippen molar-refractivity contribution in [1.29, 1.82) is 0 Å². The minimum atomic E-state index is -0.624. The first-order chi connectivity index (χ1) is 10.5. The standard InChI is InChI=1S/C13H13N7O2/c1-7-3-2-4-8-11(7)18-10(17-8)6-16-13-15-5-9(20(21)22)12(14)19-13/h2-5H,6H2,1H3,(H,17,18)(H3,14,15,16,19). The van der Waals surface area contributed by atoms with Crippen molar-refractivity contribution in [3.05, 3.63) is 45.9 Å². The van der Waals surface area contributed by atoms with Crippen molar-refractivity contribution in [2.75, 3.05) is 11.1 Å². The Bertz CT molecular complexity index is 859. The number of hydrogen-bond donors (Lipinski definition) is 3. The molecule has 0 radical (unpaired) electrons. The van der Waals surface area contributed by atoms with Gasteiger partial charge in [-0.15, -0.1) is 0 Å². The Morgan fingerprint density at radius 3 is 2.91 bits per heavy atom. The van der Waals surface area contributed by atoms with Gasteiger partial charge in [-0.25, -0.2) is 9.97 Å². The van der Waals surface area contributed by atoms with Crippen LogP contribution >= 0.6 is 0 Å². The summed E-state index contributed by atoms with van der Waals surface area (Å²) in [7, 11) is 0. The summed E-state index contributed by atoms with van der Waals surface area (Å²) in [6.45, 7) is 2.34. The number of anilines is 2. The number of nitro groups is 1. The van der Waals surface area contributed by atoms with Crippen molar-refractivity contribution in [2.45, 2.75) is 13.5 Å². The number of nitrogens with zero attached hydrogens (tertiary/aromatic N) is 4. The molecule has 0 amide bonds. The Morgan fingerprint density at radius 2 is 2.23 bits per heavy atom.